The van der Waals surface area contributed by atoms with Crippen molar-refractivity contribution in [2.45, 2.75) is 25.6 Å². The van der Waals surface area contributed by atoms with Crippen LogP contribution in [-0.2, 0) is 17.9 Å². The summed E-state index contributed by atoms with van der Waals surface area (Å²) in [5, 5.41) is 22.1. The first-order chi connectivity index (χ1) is 13.2. The molecule has 146 valence electrons. The van der Waals surface area contributed by atoms with E-state index in [2.05, 4.69) is 5.32 Å². The Morgan fingerprint density at radius 1 is 1.32 bits per heavy atom. The number of nitrogens with one attached hydrogen (secondary N) is 1. The molecule has 2 aromatic carbocycles. The zero-order valence-electron chi connectivity index (χ0n) is 15.1. The van der Waals surface area contributed by atoms with Crippen LogP contribution in [0.5, 0.6) is 0 Å². The van der Waals surface area contributed by atoms with Gasteiger partial charge in [-0.15, -0.1) is 0 Å². The molecule has 0 saturated heterocycles. The Labute approximate surface area is 160 Å². The monoisotopic (exact) mass is 389 g/mol. The van der Waals surface area contributed by atoms with Crippen molar-refractivity contribution >= 4 is 17.3 Å². The lowest BCUT2D eigenvalue weighted by Gasteiger charge is -2.29. The molecule has 3 rings (SSSR count). The molecule has 1 heterocycles. The Morgan fingerprint density at radius 3 is 2.71 bits per heavy atom. The van der Waals surface area contributed by atoms with Crippen LogP contribution < -0.4 is 10.2 Å². The third kappa shape index (κ3) is 3.80. The summed E-state index contributed by atoms with van der Waals surface area (Å²) in [6.07, 6.45) is 0.472. The topological polar surface area (TPSA) is 76.4 Å². The molecule has 1 amide bonds. The fourth-order valence-corrected chi connectivity index (χ4v) is 3.21. The zero-order chi connectivity index (χ0) is 20.5. The second kappa shape index (κ2) is 7.52. The smallest absolute Gasteiger partial charge is 0.257 e. The highest BCUT2D eigenvalue weighted by Gasteiger charge is 2.35. The molecule has 1 aliphatic rings. The van der Waals surface area contributed by atoms with Crippen LogP contribution in [0.2, 0.25) is 0 Å². The van der Waals surface area contributed by atoms with Gasteiger partial charge in [0.2, 0.25) is 0 Å². The number of carbonyl (C=O) groups is 1. The molecule has 2 aromatic rings. The number of benzene rings is 2. The number of β-amino-alcohol motifs (C(OH)–C–C–N with tert-alkyl or cyclic N) is 1. The summed E-state index contributed by atoms with van der Waals surface area (Å²) in [6, 6.07) is 8.18. The van der Waals surface area contributed by atoms with Crippen molar-refractivity contribution in [1.82, 2.24) is 0 Å². The molecule has 2 N–H and O–H groups in total. The van der Waals surface area contributed by atoms with Gasteiger partial charge in [0.1, 0.15) is 6.67 Å². The molecule has 0 fully saturated rings. The molecule has 0 aromatic heterocycles. The zero-order valence-corrected chi connectivity index (χ0v) is 15.1. The summed E-state index contributed by atoms with van der Waals surface area (Å²) in [6.45, 7) is 0.712. The number of nitriles is 1. The molecule has 0 bridgehead atoms. The van der Waals surface area contributed by atoms with Crippen LogP contribution in [0.4, 0.5) is 24.5 Å². The van der Waals surface area contributed by atoms with Crippen molar-refractivity contribution in [3.63, 3.8) is 0 Å². The third-order valence-corrected chi connectivity index (χ3v) is 4.73. The molecule has 0 unspecified atom stereocenters. The van der Waals surface area contributed by atoms with Crippen molar-refractivity contribution in [1.29, 1.82) is 5.26 Å². The van der Waals surface area contributed by atoms with Gasteiger partial charge >= 0.3 is 0 Å². The van der Waals surface area contributed by atoms with Crippen molar-refractivity contribution < 1.29 is 23.1 Å². The second-order valence-corrected chi connectivity index (χ2v) is 6.91. The number of nitrogens with zero attached hydrogens (tertiary/aromatic N) is 2. The van der Waals surface area contributed by atoms with Crippen LogP contribution in [0.25, 0.3) is 0 Å². The maximum atomic E-state index is 13.6. The number of fused-ring (bicyclic) bond motifs is 1. The van der Waals surface area contributed by atoms with E-state index in [-0.39, 0.29) is 23.4 Å². The number of carbonyl (C=O) groups excluding carboxylic acids is 1. The number of rotatable bonds is 5. The van der Waals surface area contributed by atoms with Crippen LogP contribution in [0, 0.1) is 23.0 Å². The number of anilines is 2. The minimum absolute atomic E-state index is 0.130. The predicted molar refractivity (Wildman–Crippen MR) is 97.5 cm³/mol. The van der Waals surface area contributed by atoms with E-state index in [1.54, 1.807) is 4.90 Å². The first kappa shape index (κ1) is 19.7. The largest absolute Gasteiger partial charge is 0.378 e. The summed E-state index contributed by atoms with van der Waals surface area (Å²) in [5.41, 5.74) is -0.274. The quantitative estimate of drug-likeness (QED) is 0.824. The van der Waals surface area contributed by atoms with E-state index in [9.17, 15) is 23.1 Å². The van der Waals surface area contributed by atoms with Gasteiger partial charge in [-0.05, 0) is 43.2 Å². The van der Waals surface area contributed by atoms with E-state index in [0.717, 1.165) is 12.1 Å². The average molecular weight is 389 g/mol. The molecule has 28 heavy (non-hydrogen) atoms. The van der Waals surface area contributed by atoms with Crippen LogP contribution in [0.15, 0.2) is 30.3 Å². The highest BCUT2D eigenvalue weighted by atomic mass is 19.2. The number of aliphatic hydroxyl groups is 1. The predicted octanol–water partition coefficient (Wildman–Crippen LogP) is 3.06. The standard InChI is InChI=1S/C20H18F3N3O2/c1-20(28,11-26-5-4-12-7-16(22)17(23)8-18(12)26)19(27)25-15-3-2-13(10-24)14(6-15)9-21/h2-3,6-8,28H,4-5,9,11H2,1H3,(H,25,27)/t20-/m0/s1. The number of hydrogen-bond donors (Lipinski definition) is 2. The first-order valence-electron chi connectivity index (χ1n) is 8.61. The van der Waals surface area contributed by atoms with Crippen molar-refractivity contribution in [3.05, 3.63) is 58.7 Å². The first-order valence-corrected chi connectivity index (χ1v) is 8.61. The van der Waals surface area contributed by atoms with Crippen LogP contribution in [-0.4, -0.2) is 29.7 Å². The normalized spacial score (nSPS) is 14.9. The number of hydrogen-bond acceptors (Lipinski definition) is 4. The van der Waals surface area contributed by atoms with E-state index in [1.165, 1.54) is 25.1 Å². The number of amides is 1. The molecule has 0 radical (unpaired) electrons. The molecule has 0 aliphatic carbocycles. The van der Waals surface area contributed by atoms with E-state index in [1.807, 2.05) is 6.07 Å². The Bertz CT molecular complexity index is 970. The maximum absolute atomic E-state index is 13.6. The van der Waals surface area contributed by atoms with Crippen molar-refractivity contribution in [3.8, 4) is 6.07 Å². The second-order valence-electron chi connectivity index (χ2n) is 6.91. The lowest BCUT2D eigenvalue weighted by Crippen LogP contribution is -2.49. The molecule has 0 saturated carbocycles. The van der Waals surface area contributed by atoms with Crippen LogP contribution >= 0.6 is 0 Å². The summed E-state index contributed by atoms with van der Waals surface area (Å²) >= 11 is 0. The van der Waals surface area contributed by atoms with Gasteiger partial charge in [-0.2, -0.15) is 5.26 Å². The Kier molecular flexibility index (Phi) is 5.29. The van der Waals surface area contributed by atoms with Crippen molar-refractivity contribution in [2.75, 3.05) is 23.3 Å². The van der Waals surface area contributed by atoms with Gasteiger partial charge in [-0.25, -0.2) is 13.2 Å². The fourth-order valence-electron chi connectivity index (χ4n) is 3.21. The molecule has 8 heteroatoms. The fraction of sp³-hybridized carbons (Fsp3) is 0.300. The minimum atomic E-state index is -1.85. The Hall–Kier alpha value is -3.05. The minimum Gasteiger partial charge on any atom is -0.378 e. The van der Waals surface area contributed by atoms with Crippen LogP contribution in [0.3, 0.4) is 0 Å². The lowest BCUT2D eigenvalue weighted by molar-refractivity contribution is -0.131. The van der Waals surface area contributed by atoms with Gasteiger partial charge < -0.3 is 15.3 Å². The highest BCUT2D eigenvalue weighted by Crippen LogP contribution is 2.31. The Morgan fingerprint density at radius 2 is 2.04 bits per heavy atom. The van der Waals surface area contributed by atoms with E-state index >= 15 is 0 Å². The van der Waals surface area contributed by atoms with Gasteiger partial charge in [0.25, 0.3) is 5.91 Å². The number of halogens is 3. The van der Waals surface area contributed by atoms with E-state index in [4.69, 9.17) is 5.26 Å². The van der Waals surface area contributed by atoms with E-state index in [0.29, 0.717) is 24.2 Å². The molecular formula is C20H18F3N3O2. The lowest BCUT2D eigenvalue weighted by atomic mass is 10.0. The van der Waals surface area contributed by atoms with Crippen LogP contribution in [0.1, 0.15) is 23.6 Å². The SMILES string of the molecule is C[C@](O)(CN1CCc2cc(F)c(F)cc21)C(=O)Nc1ccc(C#N)c(CF)c1. The maximum Gasteiger partial charge on any atom is 0.257 e. The number of alkyl halides is 1. The van der Waals surface area contributed by atoms with Crippen molar-refractivity contribution in [2.24, 2.45) is 0 Å². The molecule has 1 atom stereocenters. The highest BCUT2D eigenvalue weighted by molar-refractivity contribution is 5.97. The summed E-state index contributed by atoms with van der Waals surface area (Å²) < 4.78 is 40.0. The molecular weight excluding hydrogens is 371 g/mol. The third-order valence-electron chi connectivity index (χ3n) is 4.73. The van der Waals surface area contributed by atoms with Gasteiger partial charge in [-0.3, -0.25) is 4.79 Å². The molecule has 5 nitrogen and oxygen atoms in total. The molecule has 1 aliphatic heterocycles. The van der Waals surface area contributed by atoms with Gasteiger partial charge in [0, 0.05) is 29.5 Å². The Balaban J connectivity index is 1.75. The summed E-state index contributed by atoms with van der Waals surface area (Å²) in [5.74, 6) is -2.67. The van der Waals surface area contributed by atoms with Gasteiger partial charge in [0.05, 0.1) is 18.2 Å². The van der Waals surface area contributed by atoms with Gasteiger partial charge in [0.15, 0.2) is 17.2 Å². The van der Waals surface area contributed by atoms with E-state index < -0.39 is 29.8 Å². The summed E-state index contributed by atoms with van der Waals surface area (Å²) in [7, 11) is 0. The summed E-state index contributed by atoms with van der Waals surface area (Å²) in [4.78, 5) is 14.1. The van der Waals surface area contributed by atoms with Gasteiger partial charge in [-0.1, -0.05) is 0 Å². The molecule has 0 spiro atoms. The average Bonchev–Trinajstić information content (AvgIpc) is 3.02.